The minimum atomic E-state index is -0.151. The monoisotopic (exact) mass is 591 g/mol. The molecule has 7 rings (SSSR count). The third kappa shape index (κ3) is 4.07. The molecule has 0 radical (unpaired) electrons. The van der Waals surface area contributed by atoms with Gasteiger partial charge >= 0.3 is 11.9 Å². The fourth-order valence-corrected chi connectivity index (χ4v) is 13.5. The summed E-state index contributed by atoms with van der Waals surface area (Å²) in [7, 11) is 0. The second-order valence-corrected chi connectivity index (χ2v) is 17.7. The van der Waals surface area contributed by atoms with Crippen LogP contribution >= 0.6 is 0 Å². The Morgan fingerprint density at radius 2 is 1.63 bits per heavy atom. The maximum absolute atomic E-state index is 12.8. The predicted octanol–water partition coefficient (Wildman–Crippen LogP) is 8.14. The molecule has 0 unspecified atom stereocenters. The van der Waals surface area contributed by atoms with Crippen LogP contribution in [0, 0.1) is 56.7 Å². The number of rotatable bonds is 5. The predicted molar refractivity (Wildman–Crippen MR) is 169 cm³/mol. The maximum Gasteiger partial charge on any atom is 0.333 e. The van der Waals surface area contributed by atoms with Gasteiger partial charge in [-0.1, -0.05) is 46.8 Å². The average Bonchev–Trinajstić information content (AvgIpc) is 3.52. The number of hydrogen-bond acceptors (Lipinski definition) is 5. The van der Waals surface area contributed by atoms with Crippen molar-refractivity contribution in [1.29, 1.82) is 0 Å². The van der Waals surface area contributed by atoms with Gasteiger partial charge in [0.05, 0.1) is 5.70 Å². The van der Waals surface area contributed by atoms with Gasteiger partial charge in [0, 0.05) is 29.9 Å². The molecular weight excluding hydrogens is 534 g/mol. The van der Waals surface area contributed by atoms with E-state index >= 15 is 0 Å². The van der Waals surface area contributed by atoms with E-state index in [-0.39, 0.29) is 51.2 Å². The zero-order valence-corrected chi connectivity index (χ0v) is 28.0. The molecule has 6 saturated carbocycles. The molecular formula is C38H57NO4. The zero-order valence-electron chi connectivity index (χ0n) is 28.0. The van der Waals surface area contributed by atoms with Crippen molar-refractivity contribution in [2.45, 2.75) is 144 Å². The first-order valence-corrected chi connectivity index (χ1v) is 17.7. The molecule has 0 spiro atoms. The number of carbonyl (C=O) groups is 2. The molecule has 238 valence electrons. The van der Waals surface area contributed by atoms with Gasteiger partial charge in [0.1, 0.15) is 12.2 Å². The second-order valence-electron chi connectivity index (χ2n) is 17.7. The van der Waals surface area contributed by atoms with Gasteiger partial charge in [-0.15, -0.1) is 0 Å². The van der Waals surface area contributed by atoms with Crippen molar-refractivity contribution in [2.75, 3.05) is 0 Å². The van der Waals surface area contributed by atoms with Gasteiger partial charge in [-0.05, 0) is 130 Å². The lowest BCUT2D eigenvalue weighted by Gasteiger charge is -2.73. The smallest absolute Gasteiger partial charge is 0.333 e. The normalized spacial score (nSPS) is 49.9. The maximum atomic E-state index is 12.8. The number of hydrogen-bond donors (Lipinski definition) is 1. The van der Waals surface area contributed by atoms with Crippen LogP contribution in [0.1, 0.15) is 126 Å². The van der Waals surface area contributed by atoms with Crippen LogP contribution in [-0.4, -0.2) is 30.2 Å². The van der Waals surface area contributed by atoms with Gasteiger partial charge < -0.3 is 14.8 Å². The van der Waals surface area contributed by atoms with E-state index in [1.807, 2.05) is 0 Å². The molecule has 0 bridgehead atoms. The molecule has 6 aliphatic carbocycles. The molecule has 0 saturated heterocycles. The molecule has 0 amide bonds. The number of ether oxygens (including phenoxy) is 2. The molecule has 7 aliphatic rings. The molecule has 0 aromatic carbocycles. The molecule has 6 fully saturated rings. The van der Waals surface area contributed by atoms with Gasteiger partial charge in [-0.25, -0.2) is 4.79 Å². The van der Waals surface area contributed by atoms with Crippen LogP contribution < -0.4 is 5.32 Å². The Kier molecular flexibility index (Phi) is 6.69. The van der Waals surface area contributed by atoms with Crippen molar-refractivity contribution in [1.82, 2.24) is 5.32 Å². The van der Waals surface area contributed by atoms with Gasteiger partial charge in [0.25, 0.3) is 0 Å². The summed E-state index contributed by atoms with van der Waals surface area (Å²) in [5.74, 6) is 2.56. The Bertz CT molecular complexity index is 1250. The van der Waals surface area contributed by atoms with Crippen molar-refractivity contribution < 1.29 is 19.1 Å². The minimum absolute atomic E-state index is 0.00204. The molecule has 43 heavy (non-hydrogen) atoms. The Labute approximate surface area is 260 Å². The zero-order chi connectivity index (χ0) is 30.7. The summed E-state index contributed by atoms with van der Waals surface area (Å²) < 4.78 is 12.3. The van der Waals surface area contributed by atoms with Crippen molar-refractivity contribution >= 4 is 11.9 Å². The highest BCUT2D eigenvalue weighted by Gasteiger charge is 2.72. The van der Waals surface area contributed by atoms with Gasteiger partial charge in [-0.2, -0.15) is 0 Å². The average molecular weight is 592 g/mol. The van der Waals surface area contributed by atoms with Crippen LogP contribution in [0.15, 0.2) is 23.9 Å². The Morgan fingerprint density at radius 3 is 2.30 bits per heavy atom. The minimum Gasteiger partial charge on any atom is -0.462 e. The van der Waals surface area contributed by atoms with Crippen LogP contribution in [0.5, 0.6) is 0 Å². The molecule has 1 N–H and O–H groups in total. The van der Waals surface area contributed by atoms with E-state index in [9.17, 15) is 9.59 Å². The lowest BCUT2D eigenvalue weighted by molar-refractivity contribution is -0.254. The fourth-order valence-electron chi connectivity index (χ4n) is 13.5. The molecule has 11 atom stereocenters. The molecule has 0 aromatic heterocycles. The lowest BCUT2D eigenvalue weighted by atomic mass is 9.32. The van der Waals surface area contributed by atoms with Crippen molar-refractivity contribution in [3.05, 3.63) is 23.9 Å². The van der Waals surface area contributed by atoms with Crippen molar-refractivity contribution in [2.24, 2.45) is 56.7 Å². The highest BCUT2D eigenvalue weighted by Crippen LogP contribution is 2.78. The summed E-state index contributed by atoms with van der Waals surface area (Å²) in [6, 6.07) is 0.510. The van der Waals surface area contributed by atoms with E-state index in [0.717, 1.165) is 31.4 Å². The van der Waals surface area contributed by atoms with E-state index in [1.165, 1.54) is 56.9 Å². The topological polar surface area (TPSA) is 64.6 Å². The molecule has 1 aliphatic heterocycles. The molecule has 1 heterocycles. The van der Waals surface area contributed by atoms with Crippen molar-refractivity contribution in [3.63, 3.8) is 0 Å². The third-order valence-electron chi connectivity index (χ3n) is 15.6. The fraction of sp³-hybridized carbons (Fsp3) is 0.842. The summed E-state index contributed by atoms with van der Waals surface area (Å²) in [5.41, 5.74) is 3.14. The van der Waals surface area contributed by atoms with Crippen LogP contribution in [0.4, 0.5) is 0 Å². The van der Waals surface area contributed by atoms with Crippen LogP contribution in [-0.2, 0) is 19.1 Å². The van der Waals surface area contributed by atoms with Crippen molar-refractivity contribution in [3.8, 4) is 0 Å². The first-order valence-electron chi connectivity index (χ1n) is 17.7. The second kappa shape index (κ2) is 9.61. The summed E-state index contributed by atoms with van der Waals surface area (Å²) in [4.78, 5) is 24.8. The van der Waals surface area contributed by atoms with E-state index < -0.39 is 0 Å². The summed E-state index contributed by atoms with van der Waals surface area (Å²) in [6.45, 7) is 21.2. The molecule has 5 nitrogen and oxygen atoms in total. The number of allylic oxidation sites excluding steroid dienone is 1. The summed E-state index contributed by atoms with van der Waals surface area (Å²) in [5, 5.41) is 3.74. The number of esters is 2. The summed E-state index contributed by atoms with van der Waals surface area (Å²) in [6.07, 6.45) is 15.9. The van der Waals surface area contributed by atoms with Gasteiger partial charge in [0.15, 0.2) is 0 Å². The summed E-state index contributed by atoms with van der Waals surface area (Å²) >= 11 is 0. The number of nitrogens with one attached hydrogen (secondary N) is 1. The Balaban J connectivity index is 1.24. The van der Waals surface area contributed by atoms with E-state index in [4.69, 9.17) is 9.47 Å². The molecule has 5 heteroatoms. The van der Waals surface area contributed by atoms with Crippen LogP contribution in [0.25, 0.3) is 0 Å². The van der Waals surface area contributed by atoms with Gasteiger partial charge in [0.2, 0.25) is 0 Å². The Morgan fingerprint density at radius 1 is 0.884 bits per heavy atom. The largest absolute Gasteiger partial charge is 0.462 e. The van der Waals surface area contributed by atoms with E-state index in [2.05, 4.69) is 53.4 Å². The van der Waals surface area contributed by atoms with Crippen LogP contribution in [0.2, 0.25) is 0 Å². The first kappa shape index (κ1) is 29.9. The number of carbonyl (C=O) groups excluding carboxylic acids is 2. The highest BCUT2D eigenvalue weighted by atomic mass is 16.6. The third-order valence-corrected chi connectivity index (χ3v) is 15.6. The number of fused-ring (bicyclic) bond motifs is 7. The quantitative estimate of drug-likeness (QED) is 0.258. The van der Waals surface area contributed by atoms with Crippen LogP contribution in [0.3, 0.4) is 0 Å². The highest BCUT2D eigenvalue weighted by molar-refractivity contribution is 5.86. The lowest BCUT2D eigenvalue weighted by Crippen LogP contribution is -2.67. The Hall–Kier alpha value is -1.78. The number of cyclic esters (lactones) is 1. The van der Waals surface area contributed by atoms with Gasteiger partial charge in [-0.3, -0.25) is 4.79 Å². The standard InChI is InChI=1S/C38H57NO4/c1-22(2)25-13-18-38(33-27(21-31(41)43-33)39-24-9-10-24)20-19-36(7)26(32(25)38)11-12-29-35(6)16-15-30(42-23(3)40)34(4,5)28(35)14-17-37(29,36)8/h21,24-26,28-30,32-33,39H,1,9-20H2,2-8H3/t25-,26+,28-,29+,30-,32+,33+,35-,36+,37+,38-/m0/s1. The molecule has 0 aromatic rings. The SMILES string of the molecule is C=C(C)[C@@H]1CC[C@]2([C@@H]3OC(=O)C=C3NC3CC3)CC[C@]3(C)[C@H](CC[C@@H]4[C@@]5(C)CC[C@H](OC(C)=O)C(C)(C)[C@@H]5CC[C@]43C)[C@@H]12. The van der Waals surface area contributed by atoms with E-state index in [0.29, 0.717) is 35.6 Å². The first-order chi connectivity index (χ1) is 20.2. The van der Waals surface area contributed by atoms with E-state index in [1.54, 1.807) is 13.0 Å².